The van der Waals surface area contributed by atoms with E-state index in [-0.39, 0.29) is 0 Å². The Morgan fingerprint density at radius 1 is 1.35 bits per heavy atom. The Morgan fingerprint density at radius 2 is 2.10 bits per heavy atom. The summed E-state index contributed by atoms with van der Waals surface area (Å²) in [5, 5.41) is 8.38. The number of thiophene rings is 1. The van der Waals surface area contributed by atoms with E-state index in [1.165, 1.54) is 18.3 Å². The largest absolute Gasteiger partial charge is 0.391 e. The van der Waals surface area contributed by atoms with E-state index in [4.69, 9.17) is 0 Å². The first-order valence-electron chi connectivity index (χ1n) is 6.21. The molecule has 0 fully saturated rings. The molecule has 2 aromatic heterocycles. The molecule has 0 amide bonds. The van der Waals surface area contributed by atoms with E-state index in [2.05, 4.69) is 20.6 Å². The van der Waals surface area contributed by atoms with Crippen LogP contribution in [0.1, 0.15) is 20.3 Å². The molecule has 1 atom stereocenters. The van der Waals surface area contributed by atoms with Crippen LogP contribution in [0.3, 0.4) is 0 Å². The van der Waals surface area contributed by atoms with Gasteiger partial charge in [-0.15, -0.1) is 11.3 Å². The van der Waals surface area contributed by atoms with Gasteiger partial charge in [-0.2, -0.15) is 18.2 Å². The minimum Gasteiger partial charge on any atom is -0.367 e. The van der Waals surface area contributed by atoms with Crippen molar-refractivity contribution in [2.75, 3.05) is 17.2 Å². The zero-order valence-electron chi connectivity index (χ0n) is 11.1. The van der Waals surface area contributed by atoms with Gasteiger partial charge in [0.15, 0.2) is 0 Å². The maximum absolute atomic E-state index is 12.4. The Morgan fingerprint density at radius 3 is 2.75 bits per heavy atom. The third-order valence-corrected chi connectivity index (χ3v) is 3.39. The van der Waals surface area contributed by atoms with E-state index in [1.807, 2.05) is 12.3 Å². The predicted molar refractivity (Wildman–Crippen MR) is 75.3 cm³/mol. The third-order valence-electron chi connectivity index (χ3n) is 2.58. The van der Waals surface area contributed by atoms with E-state index >= 15 is 0 Å². The van der Waals surface area contributed by atoms with Crippen LogP contribution >= 0.6 is 11.3 Å². The molecule has 0 saturated carbocycles. The lowest BCUT2D eigenvalue weighted by molar-refractivity contribution is -0.136. The van der Waals surface area contributed by atoms with Gasteiger partial charge in [0.05, 0.1) is 11.8 Å². The van der Waals surface area contributed by atoms with Crippen LogP contribution in [0, 0.1) is 0 Å². The van der Waals surface area contributed by atoms with Crippen LogP contribution in [-0.4, -0.2) is 28.7 Å². The molecule has 0 aliphatic heterocycles. The standard InChI is InChI=1S/C12H15F3N4S/c1-3-16-11-18-9(8-4-5-20-10(8)19-11)17-7(2)6-12(13,14)15/h4-5,7H,3,6H2,1-2H3,(H2,16,17,18,19). The number of nitrogens with zero attached hydrogens (tertiary/aromatic N) is 2. The molecule has 8 heteroatoms. The maximum Gasteiger partial charge on any atom is 0.391 e. The van der Waals surface area contributed by atoms with Gasteiger partial charge in [-0.25, -0.2) is 4.98 Å². The van der Waals surface area contributed by atoms with Crippen molar-refractivity contribution >= 4 is 33.3 Å². The topological polar surface area (TPSA) is 49.8 Å². The summed E-state index contributed by atoms with van der Waals surface area (Å²) < 4.78 is 37.1. The lowest BCUT2D eigenvalue weighted by Gasteiger charge is -2.17. The van der Waals surface area contributed by atoms with Crippen LogP contribution in [0.15, 0.2) is 11.4 Å². The molecule has 0 saturated heterocycles. The van der Waals surface area contributed by atoms with E-state index < -0.39 is 18.6 Å². The summed E-state index contributed by atoms with van der Waals surface area (Å²) in [5.74, 6) is 0.855. The minimum atomic E-state index is -4.20. The number of hydrogen-bond acceptors (Lipinski definition) is 5. The number of rotatable bonds is 5. The van der Waals surface area contributed by atoms with Gasteiger partial charge in [0.25, 0.3) is 0 Å². The van der Waals surface area contributed by atoms with Gasteiger partial charge in [0, 0.05) is 12.6 Å². The van der Waals surface area contributed by atoms with Crippen molar-refractivity contribution in [3.8, 4) is 0 Å². The molecule has 0 radical (unpaired) electrons. The second kappa shape index (κ2) is 5.82. The van der Waals surface area contributed by atoms with Gasteiger partial charge in [-0.3, -0.25) is 0 Å². The van der Waals surface area contributed by atoms with Crippen molar-refractivity contribution < 1.29 is 13.2 Å². The predicted octanol–water partition coefficient (Wildman–Crippen LogP) is 3.88. The smallest absolute Gasteiger partial charge is 0.367 e. The van der Waals surface area contributed by atoms with Gasteiger partial charge in [-0.1, -0.05) is 0 Å². The Bertz CT molecular complexity index is 582. The molecule has 0 spiro atoms. The average Bonchev–Trinajstić information content (AvgIpc) is 2.74. The molecule has 0 aliphatic rings. The summed E-state index contributed by atoms with van der Waals surface area (Å²) in [5.41, 5.74) is 0. The fraction of sp³-hybridized carbons (Fsp3) is 0.500. The van der Waals surface area contributed by atoms with Crippen LogP contribution in [0.25, 0.3) is 10.2 Å². The van der Waals surface area contributed by atoms with E-state index in [0.717, 1.165) is 10.2 Å². The van der Waals surface area contributed by atoms with Crippen molar-refractivity contribution in [2.24, 2.45) is 0 Å². The Kier molecular flexibility index (Phi) is 4.32. The Balaban J connectivity index is 2.25. The van der Waals surface area contributed by atoms with Crippen LogP contribution in [0.5, 0.6) is 0 Å². The summed E-state index contributed by atoms with van der Waals surface area (Å²) in [6, 6.07) is 1.06. The number of halogens is 3. The quantitative estimate of drug-likeness (QED) is 0.880. The minimum absolute atomic E-state index is 0.421. The molecular formula is C12H15F3N4S. The van der Waals surface area contributed by atoms with Gasteiger partial charge in [0.1, 0.15) is 10.6 Å². The van der Waals surface area contributed by atoms with Crippen molar-refractivity contribution in [1.29, 1.82) is 0 Å². The van der Waals surface area contributed by atoms with Crippen molar-refractivity contribution in [1.82, 2.24) is 9.97 Å². The zero-order chi connectivity index (χ0) is 14.8. The molecular weight excluding hydrogens is 289 g/mol. The molecule has 2 rings (SSSR count). The van der Waals surface area contributed by atoms with Crippen molar-refractivity contribution in [2.45, 2.75) is 32.5 Å². The van der Waals surface area contributed by atoms with Gasteiger partial charge >= 0.3 is 6.18 Å². The van der Waals surface area contributed by atoms with Gasteiger partial charge < -0.3 is 10.6 Å². The molecule has 0 bridgehead atoms. The summed E-state index contributed by atoms with van der Waals surface area (Å²) in [6.45, 7) is 4.04. The zero-order valence-corrected chi connectivity index (χ0v) is 11.9. The first-order valence-corrected chi connectivity index (χ1v) is 7.09. The average molecular weight is 304 g/mol. The highest BCUT2D eigenvalue weighted by Gasteiger charge is 2.30. The molecule has 0 aliphatic carbocycles. The number of hydrogen-bond donors (Lipinski definition) is 2. The number of fused-ring (bicyclic) bond motifs is 1. The van der Waals surface area contributed by atoms with Crippen LogP contribution < -0.4 is 10.6 Å². The number of anilines is 2. The maximum atomic E-state index is 12.4. The third kappa shape index (κ3) is 3.72. The number of aromatic nitrogens is 2. The molecule has 2 N–H and O–H groups in total. The number of nitrogens with one attached hydrogen (secondary N) is 2. The molecule has 0 aromatic carbocycles. The second-order valence-electron chi connectivity index (χ2n) is 4.43. The fourth-order valence-electron chi connectivity index (χ4n) is 1.83. The van der Waals surface area contributed by atoms with Crippen LogP contribution in [0.2, 0.25) is 0 Å². The summed E-state index contributed by atoms with van der Waals surface area (Å²) in [7, 11) is 0. The van der Waals surface area contributed by atoms with Gasteiger partial charge in [-0.05, 0) is 25.3 Å². The van der Waals surface area contributed by atoms with E-state index in [1.54, 1.807) is 6.07 Å². The SMILES string of the molecule is CCNc1nc(NC(C)CC(F)(F)F)c2ccsc2n1. The molecule has 1 unspecified atom stereocenters. The second-order valence-corrected chi connectivity index (χ2v) is 5.32. The molecule has 2 heterocycles. The first-order chi connectivity index (χ1) is 9.39. The summed E-state index contributed by atoms with van der Waals surface area (Å²) in [6.07, 6.45) is -5.10. The van der Waals surface area contributed by atoms with Gasteiger partial charge in [0.2, 0.25) is 5.95 Å². The highest BCUT2D eigenvalue weighted by atomic mass is 32.1. The van der Waals surface area contributed by atoms with Crippen molar-refractivity contribution in [3.63, 3.8) is 0 Å². The molecule has 2 aromatic rings. The number of alkyl halides is 3. The summed E-state index contributed by atoms with van der Waals surface area (Å²) in [4.78, 5) is 9.29. The normalized spacial score (nSPS) is 13.4. The first kappa shape index (κ1) is 14.8. The highest BCUT2D eigenvalue weighted by molar-refractivity contribution is 7.16. The van der Waals surface area contributed by atoms with E-state index in [9.17, 15) is 13.2 Å². The molecule has 110 valence electrons. The van der Waals surface area contributed by atoms with E-state index in [0.29, 0.717) is 18.3 Å². The monoisotopic (exact) mass is 304 g/mol. The lowest BCUT2D eigenvalue weighted by Crippen LogP contribution is -2.24. The lowest BCUT2D eigenvalue weighted by atomic mass is 10.2. The Hall–Kier alpha value is -1.57. The Labute approximate surface area is 118 Å². The highest BCUT2D eigenvalue weighted by Crippen LogP contribution is 2.29. The molecule has 20 heavy (non-hydrogen) atoms. The van der Waals surface area contributed by atoms with Crippen molar-refractivity contribution in [3.05, 3.63) is 11.4 Å². The van der Waals surface area contributed by atoms with Crippen LogP contribution in [0.4, 0.5) is 24.9 Å². The fourth-order valence-corrected chi connectivity index (χ4v) is 2.60. The summed E-state index contributed by atoms with van der Waals surface area (Å²) >= 11 is 1.43. The molecule has 4 nitrogen and oxygen atoms in total. The van der Waals surface area contributed by atoms with Crippen LogP contribution in [-0.2, 0) is 0 Å².